The first-order valence-electron chi connectivity index (χ1n) is 13.2. The third-order valence-electron chi connectivity index (χ3n) is 6.70. The molecule has 0 spiro atoms. The summed E-state index contributed by atoms with van der Waals surface area (Å²) < 4.78 is 0. The monoisotopic (exact) mass is 528 g/mol. The lowest BCUT2D eigenvalue weighted by Gasteiger charge is -2.24. The first kappa shape index (κ1) is 26.6. The molecule has 0 aliphatic carbocycles. The van der Waals surface area contributed by atoms with Crippen molar-refractivity contribution in [3.05, 3.63) is 119 Å². The van der Waals surface area contributed by atoms with Gasteiger partial charge in [-0.25, -0.2) is 4.98 Å². The normalized spacial score (nSPS) is 10.7. The van der Waals surface area contributed by atoms with Crippen molar-refractivity contribution in [3.63, 3.8) is 0 Å². The first-order valence-corrected chi connectivity index (χ1v) is 13.2. The number of imidazole rings is 1. The minimum Gasteiger partial charge on any atom is -0.342 e. The third-order valence-corrected chi connectivity index (χ3v) is 6.70. The van der Waals surface area contributed by atoms with E-state index in [0.29, 0.717) is 6.54 Å². The fourth-order valence-electron chi connectivity index (χ4n) is 4.56. The minimum atomic E-state index is -0.000466. The summed E-state index contributed by atoms with van der Waals surface area (Å²) in [5, 5.41) is 10.4. The van der Waals surface area contributed by atoms with Gasteiger partial charge in [0.15, 0.2) is 0 Å². The van der Waals surface area contributed by atoms with Crippen LogP contribution in [0, 0.1) is 20.8 Å². The number of nitrogens with one attached hydrogen (secondary N) is 2. The van der Waals surface area contributed by atoms with Crippen LogP contribution in [0.4, 0.5) is 5.69 Å². The molecule has 0 aliphatic rings. The molecule has 0 fully saturated rings. The number of carbonyl (C=O) groups is 1. The lowest BCUT2D eigenvalue weighted by Crippen LogP contribution is -2.28. The van der Waals surface area contributed by atoms with Crippen LogP contribution in [0.2, 0.25) is 0 Å². The van der Waals surface area contributed by atoms with Crippen molar-refractivity contribution in [2.45, 2.75) is 34.2 Å². The molecule has 0 atom stereocenters. The molecule has 6 aromatic rings. The molecular weight excluding hydrogens is 496 g/mol. The van der Waals surface area contributed by atoms with E-state index in [1.165, 1.54) is 11.1 Å². The van der Waals surface area contributed by atoms with Gasteiger partial charge in [-0.1, -0.05) is 84.4 Å². The highest BCUT2D eigenvalue weighted by Crippen LogP contribution is 2.34. The van der Waals surface area contributed by atoms with Gasteiger partial charge in [0.1, 0.15) is 16.9 Å². The molecule has 2 N–H and O–H groups in total. The van der Waals surface area contributed by atoms with Crippen molar-refractivity contribution in [1.29, 1.82) is 0 Å². The van der Waals surface area contributed by atoms with Crippen molar-refractivity contribution < 1.29 is 4.79 Å². The number of aromatic amines is 2. The van der Waals surface area contributed by atoms with Gasteiger partial charge in [0.25, 0.3) is 0 Å². The molecule has 0 bridgehead atoms. The molecule has 0 aliphatic heterocycles. The van der Waals surface area contributed by atoms with Gasteiger partial charge in [-0.2, -0.15) is 15.4 Å². The highest BCUT2D eigenvalue weighted by atomic mass is 16.2. The average Bonchev–Trinajstić information content (AvgIpc) is 3.59. The minimum absolute atomic E-state index is 0.000466. The Morgan fingerprint density at radius 1 is 0.775 bits per heavy atom. The van der Waals surface area contributed by atoms with Gasteiger partial charge < -0.3 is 9.88 Å². The molecule has 7 heteroatoms. The summed E-state index contributed by atoms with van der Waals surface area (Å²) in [7, 11) is 0. The molecule has 2 aromatic heterocycles. The summed E-state index contributed by atoms with van der Waals surface area (Å²) in [6.07, 6.45) is 0. The quantitative estimate of drug-likeness (QED) is 0.248. The van der Waals surface area contributed by atoms with Gasteiger partial charge in [0, 0.05) is 23.7 Å². The van der Waals surface area contributed by atoms with E-state index < -0.39 is 0 Å². The van der Waals surface area contributed by atoms with E-state index in [2.05, 4.69) is 51.6 Å². The predicted octanol–water partition coefficient (Wildman–Crippen LogP) is 7.18. The third kappa shape index (κ3) is 5.99. The zero-order valence-electron chi connectivity index (χ0n) is 23.1. The van der Waals surface area contributed by atoms with Crippen molar-refractivity contribution >= 4 is 22.6 Å². The van der Waals surface area contributed by atoms with Gasteiger partial charge in [0.05, 0.1) is 17.9 Å². The maximum Gasteiger partial charge on any atom is 0.224 e. The number of aryl methyl sites for hydroxylation is 3. The van der Waals surface area contributed by atoms with Gasteiger partial charge in [-0.05, 0) is 50.1 Å². The number of carbonyl (C=O) groups excluding carboxylic acids is 1. The van der Waals surface area contributed by atoms with E-state index in [9.17, 15) is 4.79 Å². The zero-order chi connectivity index (χ0) is 28.1. The second kappa shape index (κ2) is 11.8. The molecule has 0 saturated heterocycles. The lowest BCUT2D eigenvalue weighted by atomic mass is 10.1. The van der Waals surface area contributed by atoms with E-state index in [-0.39, 0.29) is 5.91 Å². The molecule has 0 unspecified atom stereocenters. The second-order valence-electron chi connectivity index (χ2n) is 9.85. The molecule has 200 valence electrons. The highest BCUT2D eigenvalue weighted by Gasteiger charge is 2.20. The molecule has 40 heavy (non-hydrogen) atoms. The Balaban J connectivity index is 0.000000269. The fourth-order valence-corrected chi connectivity index (χ4v) is 4.56. The van der Waals surface area contributed by atoms with E-state index in [4.69, 9.17) is 4.98 Å². The van der Waals surface area contributed by atoms with Gasteiger partial charge >= 0.3 is 0 Å². The van der Waals surface area contributed by atoms with Crippen LogP contribution in [0.15, 0.2) is 97.1 Å². The highest BCUT2D eigenvalue weighted by molar-refractivity contribution is 5.96. The average molecular weight is 529 g/mol. The van der Waals surface area contributed by atoms with E-state index in [1.807, 2.05) is 91.5 Å². The second-order valence-corrected chi connectivity index (χ2v) is 9.85. The van der Waals surface area contributed by atoms with E-state index in [0.717, 1.165) is 50.6 Å². The summed E-state index contributed by atoms with van der Waals surface area (Å²) in [4.78, 5) is 22.7. The summed E-state index contributed by atoms with van der Waals surface area (Å²) in [5.74, 6) is 0.824. The number of fused-ring (bicyclic) bond motifs is 1. The van der Waals surface area contributed by atoms with Gasteiger partial charge in [-0.3, -0.25) is 4.79 Å². The number of hydrogen-bond acceptors (Lipinski definition) is 4. The Hall–Kier alpha value is -5.04. The zero-order valence-corrected chi connectivity index (χ0v) is 23.1. The van der Waals surface area contributed by atoms with Gasteiger partial charge in [0.2, 0.25) is 5.91 Å². The van der Waals surface area contributed by atoms with Crippen LogP contribution >= 0.6 is 0 Å². The standard InChI is InChI=1S/C26H25N3O.C7H7N3/c1-18-13-15-21(16-14-18)17-29(20(3)30)24-12-8-7-11-23(24)25-19(2)27-26(28-25)22-9-5-4-6-10-22;1-5-2-3-6-7(4-5)9-10-8-6/h4-16H,17H2,1-3H3,(H,27,28);2-4H,1H3,(H,8,9,10). The number of hydrogen-bond donors (Lipinski definition) is 2. The maximum absolute atomic E-state index is 12.6. The molecule has 6 rings (SSSR count). The smallest absolute Gasteiger partial charge is 0.224 e. The number of H-pyrrole nitrogens is 2. The molecule has 7 nitrogen and oxygen atoms in total. The number of anilines is 1. The SMILES string of the molecule is CC(=O)N(Cc1ccc(C)cc1)c1ccccc1-c1nc(-c2ccccc2)[nH]c1C.Cc1ccc2n[nH]nc2c1. The van der Waals surface area contributed by atoms with Crippen molar-refractivity contribution in [2.24, 2.45) is 0 Å². The summed E-state index contributed by atoms with van der Waals surface area (Å²) in [5.41, 5.74) is 10.0. The van der Waals surface area contributed by atoms with Crippen LogP contribution < -0.4 is 4.90 Å². The Kier molecular flexibility index (Phi) is 7.82. The van der Waals surface area contributed by atoms with Gasteiger partial charge in [-0.15, -0.1) is 0 Å². The van der Waals surface area contributed by atoms with Crippen LogP contribution in [-0.4, -0.2) is 31.3 Å². The number of aromatic nitrogens is 5. The summed E-state index contributed by atoms with van der Waals surface area (Å²) in [6.45, 7) is 8.24. The Morgan fingerprint density at radius 2 is 1.45 bits per heavy atom. The fraction of sp³-hybridized carbons (Fsp3) is 0.152. The Morgan fingerprint density at radius 3 is 2.20 bits per heavy atom. The summed E-state index contributed by atoms with van der Waals surface area (Å²) in [6, 6.07) is 32.3. The molecule has 0 saturated carbocycles. The maximum atomic E-state index is 12.6. The number of para-hydroxylation sites is 1. The predicted molar refractivity (Wildman–Crippen MR) is 161 cm³/mol. The molecule has 2 heterocycles. The van der Waals surface area contributed by atoms with Crippen LogP contribution in [0.25, 0.3) is 33.7 Å². The number of rotatable bonds is 5. The van der Waals surface area contributed by atoms with Crippen LogP contribution in [0.5, 0.6) is 0 Å². The van der Waals surface area contributed by atoms with E-state index in [1.54, 1.807) is 6.92 Å². The lowest BCUT2D eigenvalue weighted by molar-refractivity contribution is -0.116. The molecule has 0 radical (unpaired) electrons. The molecular formula is C33H32N6O. The number of benzene rings is 4. The first-order chi connectivity index (χ1) is 19.4. The van der Waals surface area contributed by atoms with Crippen molar-refractivity contribution in [2.75, 3.05) is 4.90 Å². The van der Waals surface area contributed by atoms with Crippen molar-refractivity contribution in [1.82, 2.24) is 25.4 Å². The van der Waals surface area contributed by atoms with Crippen LogP contribution in [0.3, 0.4) is 0 Å². The van der Waals surface area contributed by atoms with E-state index >= 15 is 0 Å². The molecule has 1 amide bonds. The van der Waals surface area contributed by atoms with Crippen LogP contribution in [-0.2, 0) is 11.3 Å². The topological polar surface area (TPSA) is 90.6 Å². The Labute approximate surface area is 233 Å². The van der Waals surface area contributed by atoms with Crippen molar-refractivity contribution in [3.8, 4) is 22.6 Å². The largest absolute Gasteiger partial charge is 0.342 e. The number of nitrogens with zero attached hydrogens (tertiary/aromatic N) is 4. The number of amides is 1. The van der Waals surface area contributed by atoms with Crippen LogP contribution in [0.1, 0.15) is 29.3 Å². The molecule has 4 aromatic carbocycles. The summed E-state index contributed by atoms with van der Waals surface area (Å²) >= 11 is 0. The Bertz CT molecular complexity index is 1730.